The highest BCUT2D eigenvalue weighted by Crippen LogP contribution is 2.30. The van der Waals surface area contributed by atoms with Crippen LogP contribution >= 0.6 is 15.9 Å². The van der Waals surface area contributed by atoms with E-state index in [2.05, 4.69) is 21.2 Å². The zero-order valence-electron chi connectivity index (χ0n) is 12.4. The summed E-state index contributed by atoms with van der Waals surface area (Å²) in [5.41, 5.74) is 1.21. The standard InChI is InChI=1S/C17H17BrFNO2S/c18-14-7-6-13(16(19)9-14)8-15-10-20-11-17(23(15,21)22)12-4-2-1-3-5-12/h1-7,9,15,17,20H,8,10-11H2. The number of benzene rings is 2. The van der Waals surface area contributed by atoms with Gasteiger partial charge in [-0.25, -0.2) is 12.8 Å². The van der Waals surface area contributed by atoms with E-state index in [1.807, 2.05) is 30.3 Å². The zero-order chi connectivity index (χ0) is 16.4. The largest absolute Gasteiger partial charge is 0.314 e. The van der Waals surface area contributed by atoms with Crippen LogP contribution in [0.2, 0.25) is 0 Å². The Balaban J connectivity index is 1.88. The zero-order valence-corrected chi connectivity index (χ0v) is 14.8. The first kappa shape index (κ1) is 16.6. The van der Waals surface area contributed by atoms with Crippen LogP contribution in [0, 0.1) is 5.82 Å². The molecule has 23 heavy (non-hydrogen) atoms. The Hall–Kier alpha value is -1.24. The molecule has 2 atom stereocenters. The number of hydrogen-bond acceptors (Lipinski definition) is 3. The van der Waals surface area contributed by atoms with E-state index in [1.54, 1.807) is 12.1 Å². The van der Waals surface area contributed by atoms with E-state index >= 15 is 0 Å². The van der Waals surface area contributed by atoms with Crippen LogP contribution in [0.3, 0.4) is 0 Å². The topological polar surface area (TPSA) is 46.2 Å². The number of sulfone groups is 1. The molecule has 1 aliphatic heterocycles. The van der Waals surface area contributed by atoms with Gasteiger partial charge in [-0.3, -0.25) is 0 Å². The molecule has 2 unspecified atom stereocenters. The quantitative estimate of drug-likeness (QED) is 0.864. The van der Waals surface area contributed by atoms with Crippen LogP contribution in [0.25, 0.3) is 0 Å². The summed E-state index contributed by atoms with van der Waals surface area (Å²) in [6.07, 6.45) is 0.178. The Kier molecular flexibility index (Phi) is 4.85. The monoisotopic (exact) mass is 397 g/mol. The summed E-state index contributed by atoms with van der Waals surface area (Å²) >= 11 is 3.21. The lowest BCUT2D eigenvalue weighted by molar-refractivity contribution is 0.511. The van der Waals surface area contributed by atoms with Crippen LogP contribution in [-0.4, -0.2) is 26.8 Å². The van der Waals surface area contributed by atoms with Crippen LogP contribution in [-0.2, 0) is 16.3 Å². The third kappa shape index (κ3) is 3.49. The molecule has 2 aromatic rings. The fourth-order valence-corrected chi connectivity index (χ4v) is 5.38. The summed E-state index contributed by atoms with van der Waals surface area (Å²) in [5.74, 6) is -0.378. The molecule has 0 spiro atoms. The van der Waals surface area contributed by atoms with Gasteiger partial charge in [0.25, 0.3) is 0 Å². The molecule has 0 amide bonds. The molecule has 1 saturated heterocycles. The summed E-state index contributed by atoms with van der Waals surface area (Å²) in [5, 5.41) is 1.97. The third-order valence-corrected chi connectivity index (χ3v) is 7.18. The van der Waals surface area contributed by atoms with Crippen molar-refractivity contribution in [3.05, 3.63) is 69.9 Å². The minimum Gasteiger partial charge on any atom is -0.314 e. The van der Waals surface area contributed by atoms with Crippen LogP contribution in [0.5, 0.6) is 0 Å². The molecule has 1 N–H and O–H groups in total. The first-order valence-electron chi connectivity index (χ1n) is 7.41. The number of nitrogens with one attached hydrogen (secondary N) is 1. The highest BCUT2D eigenvalue weighted by Gasteiger charge is 2.38. The van der Waals surface area contributed by atoms with Gasteiger partial charge in [0.2, 0.25) is 0 Å². The molecule has 0 aromatic heterocycles. The van der Waals surface area contributed by atoms with Crippen molar-refractivity contribution in [1.82, 2.24) is 5.32 Å². The van der Waals surface area contributed by atoms with Crippen molar-refractivity contribution in [3.8, 4) is 0 Å². The predicted molar refractivity (Wildman–Crippen MR) is 92.6 cm³/mol. The minimum absolute atomic E-state index is 0.178. The number of halogens is 2. The first-order valence-corrected chi connectivity index (χ1v) is 9.81. The van der Waals surface area contributed by atoms with Gasteiger partial charge < -0.3 is 5.32 Å². The summed E-state index contributed by atoms with van der Waals surface area (Å²) < 4.78 is 40.5. The van der Waals surface area contributed by atoms with Crippen LogP contribution < -0.4 is 5.32 Å². The third-order valence-electron chi connectivity index (χ3n) is 4.20. The number of hydrogen-bond donors (Lipinski definition) is 1. The van der Waals surface area contributed by atoms with Crippen molar-refractivity contribution >= 4 is 25.8 Å². The van der Waals surface area contributed by atoms with E-state index < -0.39 is 20.3 Å². The maximum absolute atomic E-state index is 14.0. The Labute approximate surface area is 144 Å². The Morgan fingerprint density at radius 2 is 1.87 bits per heavy atom. The van der Waals surface area contributed by atoms with Crippen molar-refractivity contribution in [2.75, 3.05) is 13.1 Å². The second kappa shape index (κ2) is 6.71. The van der Waals surface area contributed by atoms with Gasteiger partial charge in [0, 0.05) is 17.6 Å². The number of rotatable bonds is 3. The van der Waals surface area contributed by atoms with E-state index in [0.717, 1.165) is 5.56 Å². The molecule has 0 radical (unpaired) electrons. The lowest BCUT2D eigenvalue weighted by Crippen LogP contribution is -2.47. The predicted octanol–water partition coefficient (Wildman–Crippen LogP) is 3.26. The van der Waals surface area contributed by atoms with Crippen molar-refractivity contribution in [2.45, 2.75) is 16.9 Å². The molecular weight excluding hydrogens is 381 g/mol. The molecule has 1 fully saturated rings. The molecule has 1 heterocycles. The molecule has 3 rings (SSSR count). The minimum atomic E-state index is -3.38. The van der Waals surface area contributed by atoms with E-state index in [1.165, 1.54) is 6.07 Å². The Bertz CT molecular complexity index is 795. The Morgan fingerprint density at radius 3 is 2.57 bits per heavy atom. The summed E-state index contributed by atoms with van der Waals surface area (Å²) in [7, 11) is -3.38. The van der Waals surface area contributed by atoms with Gasteiger partial charge in [0.05, 0.1) is 10.5 Å². The fraction of sp³-hybridized carbons (Fsp3) is 0.294. The molecule has 3 nitrogen and oxygen atoms in total. The average molecular weight is 398 g/mol. The second-order valence-electron chi connectivity index (χ2n) is 5.71. The van der Waals surface area contributed by atoms with E-state index in [0.29, 0.717) is 23.1 Å². The lowest BCUT2D eigenvalue weighted by atomic mass is 10.1. The van der Waals surface area contributed by atoms with E-state index in [4.69, 9.17) is 0 Å². The molecule has 122 valence electrons. The maximum Gasteiger partial charge on any atom is 0.162 e. The van der Waals surface area contributed by atoms with Gasteiger partial charge in [0.15, 0.2) is 9.84 Å². The van der Waals surface area contributed by atoms with E-state index in [-0.39, 0.29) is 12.2 Å². The average Bonchev–Trinajstić information content (AvgIpc) is 2.52. The lowest BCUT2D eigenvalue weighted by Gasteiger charge is -2.30. The molecule has 2 aromatic carbocycles. The van der Waals surface area contributed by atoms with Crippen LogP contribution in [0.4, 0.5) is 4.39 Å². The highest BCUT2D eigenvalue weighted by atomic mass is 79.9. The van der Waals surface area contributed by atoms with Gasteiger partial charge >= 0.3 is 0 Å². The van der Waals surface area contributed by atoms with Crippen LogP contribution in [0.1, 0.15) is 16.4 Å². The SMILES string of the molecule is O=S1(=O)C(Cc2ccc(Br)cc2F)CNCC1c1ccccc1. The normalized spacial score (nSPS) is 23.6. The molecule has 1 aliphatic rings. The smallest absolute Gasteiger partial charge is 0.162 e. The fourth-order valence-electron chi connectivity index (χ4n) is 2.94. The van der Waals surface area contributed by atoms with Gasteiger partial charge in [-0.2, -0.15) is 0 Å². The van der Waals surface area contributed by atoms with E-state index in [9.17, 15) is 12.8 Å². The van der Waals surface area contributed by atoms with Crippen molar-refractivity contribution in [3.63, 3.8) is 0 Å². The molecule has 6 heteroatoms. The second-order valence-corrected chi connectivity index (χ2v) is 9.04. The summed E-state index contributed by atoms with van der Waals surface area (Å²) in [6.45, 7) is 0.743. The van der Waals surface area contributed by atoms with Gasteiger partial charge in [-0.1, -0.05) is 52.3 Å². The highest BCUT2D eigenvalue weighted by molar-refractivity contribution is 9.10. The van der Waals surface area contributed by atoms with Gasteiger partial charge in [-0.05, 0) is 29.7 Å². The van der Waals surface area contributed by atoms with Gasteiger partial charge in [-0.15, -0.1) is 0 Å². The summed E-state index contributed by atoms with van der Waals surface area (Å²) in [4.78, 5) is 0. The van der Waals surface area contributed by atoms with Crippen LogP contribution in [0.15, 0.2) is 53.0 Å². The van der Waals surface area contributed by atoms with Gasteiger partial charge in [0.1, 0.15) is 5.82 Å². The molecule has 0 bridgehead atoms. The molecular formula is C17H17BrFNO2S. The van der Waals surface area contributed by atoms with Crippen molar-refractivity contribution in [2.24, 2.45) is 0 Å². The first-order chi connectivity index (χ1) is 11.0. The molecule has 0 aliphatic carbocycles. The Morgan fingerprint density at radius 1 is 1.13 bits per heavy atom. The summed E-state index contributed by atoms with van der Waals surface area (Å²) in [6, 6.07) is 13.9. The van der Waals surface area contributed by atoms with Crippen molar-refractivity contribution in [1.29, 1.82) is 0 Å². The van der Waals surface area contributed by atoms with Crippen molar-refractivity contribution < 1.29 is 12.8 Å². The maximum atomic E-state index is 14.0. The molecule has 0 saturated carbocycles.